The summed E-state index contributed by atoms with van der Waals surface area (Å²) in [6.45, 7) is 0. The summed E-state index contributed by atoms with van der Waals surface area (Å²) < 4.78 is 0. The molecular formula is C15H18O. The molecular weight excluding hydrogens is 196 g/mol. The maximum absolute atomic E-state index is 9.92. The van der Waals surface area contributed by atoms with Gasteiger partial charge in [-0.15, -0.1) is 0 Å². The third-order valence-electron chi connectivity index (χ3n) is 3.16. The van der Waals surface area contributed by atoms with Gasteiger partial charge in [0.15, 0.2) is 0 Å². The molecule has 0 aliphatic heterocycles. The van der Waals surface area contributed by atoms with Gasteiger partial charge >= 0.3 is 0 Å². The summed E-state index contributed by atoms with van der Waals surface area (Å²) in [6.07, 6.45) is 5.31. The summed E-state index contributed by atoms with van der Waals surface area (Å²) in [7, 11) is 0. The second-order valence-corrected chi connectivity index (χ2v) is 4.45. The highest BCUT2D eigenvalue weighted by Gasteiger charge is 2.19. The summed E-state index contributed by atoms with van der Waals surface area (Å²) in [5, 5.41) is 9.92. The first-order chi connectivity index (χ1) is 7.86. The predicted octanol–water partition coefficient (Wildman–Crippen LogP) is 2.98. The predicted molar refractivity (Wildman–Crippen MR) is 65.9 cm³/mol. The van der Waals surface area contributed by atoms with E-state index in [4.69, 9.17) is 0 Å². The summed E-state index contributed by atoms with van der Waals surface area (Å²) in [5.41, 5.74) is 1.04. The Kier molecular flexibility index (Phi) is 4.02. The summed E-state index contributed by atoms with van der Waals surface area (Å²) in [4.78, 5) is 0. The Morgan fingerprint density at radius 2 is 1.75 bits per heavy atom. The average Bonchev–Trinajstić information content (AvgIpc) is 2.53. The van der Waals surface area contributed by atoms with Gasteiger partial charge in [0.05, 0.1) is 6.10 Å². The van der Waals surface area contributed by atoms with E-state index in [-0.39, 0.29) is 12.0 Å². The van der Waals surface area contributed by atoms with E-state index in [9.17, 15) is 5.11 Å². The van der Waals surface area contributed by atoms with Crippen LogP contribution in [0.25, 0.3) is 0 Å². The normalized spacial score (nSPS) is 25.3. The molecule has 0 amide bonds. The van der Waals surface area contributed by atoms with Crippen molar-refractivity contribution in [3.05, 3.63) is 35.9 Å². The van der Waals surface area contributed by atoms with Crippen molar-refractivity contribution >= 4 is 0 Å². The first-order valence-electron chi connectivity index (χ1n) is 6.11. The smallest absolute Gasteiger partial charge is 0.0677 e. The van der Waals surface area contributed by atoms with Crippen molar-refractivity contribution in [3.63, 3.8) is 0 Å². The quantitative estimate of drug-likeness (QED) is 0.520. The van der Waals surface area contributed by atoms with E-state index in [1.807, 2.05) is 30.3 Å². The van der Waals surface area contributed by atoms with E-state index in [0.29, 0.717) is 0 Å². The van der Waals surface area contributed by atoms with E-state index in [1.165, 1.54) is 12.8 Å². The fraction of sp³-hybridized carbons (Fsp3) is 0.467. The lowest BCUT2D eigenvalue weighted by atomic mass is 9.97. The van der Waals surface area contributed by atoms with Crippen molar-refractivity contribution in [2.75, 3.05) is 0 Å². The number of hydrogen-bond acceptors (Lipinski definition) is 1. The molecule has 0 radical (unpaired) electrons. The largest absolute Gasteiger partial charge is 0.392 e. The van der Waals surface area contributed by atoms with Crippen molar-refractivity contribution < 1.29 is 5.11 Å². The third-order valence-corrected chi connectivity index (χ3v) is 3.16. The van der Waals surface area contributed by atoms with Crippen molar-refractivity contribution in [1.29, 1.82) is 0 Å². The van der Waals surface area contributed by atoms with Gasteiger partial charge in [-0.2, -0.15) is 0 Å². The molecule has 1 N–H and O–H groups in total. The van der Waals surface area contributed by atoms with Gasteiger partial charge in [0, 0.05) is 11.5 Å². The molecule has 2 rings (SSSR count). The fourth-order valence-corrected chi connectivity index (χ4v) is 2.15. The van der Waals surface area contributed by atoms with Gasteiger partial charge in [-0.1, -0.05) is 49.3 Å². The summed E-state index contributed by atoms with van der Waals surface area (Å²) in [5.74, 6) is 6.56. The molecule has 1 aliphatic rings. The zero-order chi connectivity index (χ0) is 11.2. The Hall–Kier alpha value is -1.26. The van der Waals surface area contributed by atoms with Crippen LogP contribution in [-0.4, -0.2) is 11.2 Å². The van der Waals surface area contributed by atoms with Crippen LogP contribution in [-0.2, 0) is 0 Å². The van der Waals surface area contributed by atoms with E-state index < -0.39 is 0 Å². The molecule has 2 atom stereocenters. The van der Waals surface area contributed by atoms with Crippen LogP contribution in [0.15, 0.2) is 30.3 Å². The number of benzene rings is 1. The van der Waals surface area contributed by atoms with Crippen LogP contribution in [0, 0.1) is 17.8 Å². The number of aliphatic hydroxyl groups is 1. The minimum absolute atomic E-state index is 0.169. The van der Waals surface area contributed by atoms with Gasteiger partial charge in [0.2, 0.25) is 0 Å². The van der Waals surface area contributed by atoms with Crippen LogP contribution in [0.1, 0.15) is 37.7 Å². The Morgan fingerprint density at radius 1 is 1.00 bits per heavy atom. The average molecular weight is 214 g/mol. The van der Waals surface area contributed by atoms with Crippen molar-refractivity contribution in [3.8, 4) is 11.8 Å². The highest BCUT2D eigenvalue weighted by Crippen LogP contribution is 2.22. The lowest BCUT2D eigenvalue weighted by Gasteiger charge is -2.13. The van der Waals surface area contributed by atoms with Gasteiger partial charge in [-0.25, -0.2) is 0 Å². The molecule has 1 fully saturated rings. The Balaban J connectivity index is 2.05. The standard InChI is InChI=1S/C15H18O/c16-15-10-6-2-5-9-14(15)12-11-13-7-3-1-4-8-13/h1,3-4,7-8,14-16H,2,5-6,9-10H2. The van der Waals surface area contributed by atoms with Crippen LogP contribution < -0.4 is 0 Å². The molecule has 16 heavy (non-hydrogen) atoms. The van der Waals surface area contributed by atoms with Crippen LogP contribution in [0.2, 0.25) is 0 Å². The first-order valence-corrected chi connectivity index (χ1v) is 6.11. The fourth-order valence-electron chi connectivity index (χ4n) is 2.15. The van der Waals surface area contributed by atoms with E-state index in [2.05, 4.69) is 11.8 Å². The van der Waals surface area contributed by atoms with Gasteiger partial charge in [0.1, 0.15) is 0 Å². The Morgan fingerprint density at radius 3 is 2.56 bits per heavy atom. The molecule has 1 heteroatoms. The van der Waals surface area contributed by atoms with Crippen molar-refractivity contribution in [1.82, 2.24) is 0 Å². The lowest BCUT2D eigenvalue weighted by Crippen LogP contribution is -2.16. The third kappa shape index (κ3) is 3.12. The monoisotopic (exact) mass is 214 g/mol. The molecule has 1 aliphatic carbocycles. The number of rotatable bonds is 0. The number of aliphatic hydroxyl groups excluding tert-OH is 1. The first kappa shape index (κ1) is 11.2. The van der Waals surface area contributed by atoms with Gasteiger partial charge < -0.3 is 5.11 Å². The van der Waals surface area contributed by atoms with Crippen molar-refractivity contribution in [2.45, 2.75) is 38.2 Å². The highest BCUT2D eigenvalue weighted by atomic mass is 16.3. The molecule has 0 spiro atoms. The molecule has 84 valence electrons. The second kappa shape index (κ2) is 5.72. The van der Waals surface area contributed by atoms with Gasteiger partial charge in [0.25, 0.3) is 0 Å². The van der Waals surface area contributed by atoms with Crippen molar-refractivity contribution in [2.24, 2.45) is 5.92 Å². The van der Waals surface area contributed by atoms with E-state index in [0.717, 1.165) is 24.8 Å². The van der Waals surface area contributed by atoms with Gasteiger partial charge in [-0.3, -0.25) is 0 Å². The lowest BCUT2D eigenvalue weighted by molar-refractivity contribution is 0.127. The van der Waals surface area contributed by atoms with Crippen LogP contribution in [0.3, 0.4) is 0 Å². The Labute approximate surface area is 97.5 Å². The maximum atomic E-state index is 9.92. The van der Waals surface area contributed by atoms with E-state index in [1.54, 1.807) is 0 Å². The van der Waals surface area contributed by atoms with Gasteiger partial charge in [-0.05, 0) is 25.0 Å². The minimum atomic E-state index is -0.223. The zero-order valence-corrected chi connectivity index (χ0v) is 9.52. The maximum Gasteiger partial charge on any atom is 0.0677 e. The van der Waals surface area contributed by atoms with E-state index >= 15 is 0 Å². The molecule has 1 nitrogen and oxygen atoms in total. The minimum Gasteiger partial charge on any atom is -0.392 e. The number of hydrogen-bond donors (Lipinski definition) is 1. The molecule has 1 aromatic carbocycles. The molecule has 0 aromatic heterocycles. The molecule has 2 unspecified atom stereocenters. The summed E-state index contributed by atoms with van der Waals surface area (Å²) in [6, 6.07) is 10.00. The molecule has 1 aromatic rings. The molecule has 0 bridgehead atoms. The molecule has 0 saturated heterocycles. The van der Waals surface area contributed by atoms with Crippen LogP contribution in [0.5, 0.6) is 0 Å². The highest BCUT2D eigenvalue weighted by molar-refractivity contribution is 5.34. The topological polar surface area (TPSA) is 20.2 Å². The zero-order valence-electron chi connectivity index (χ0n) is 9.52. The summed E-state index contributed by atoms with van der Waals surface area (Å²) >= 11 is 0. The second-order valence-electron chi connectivity index (χ2n) is 4.45. The molecule has 0 heterocycles. The van der Waals surface area contributed by atoms with Crippen LogP contribution in [0.4, 0.5) is 0 Å². The van der Waals surface area contributed by atoms with Crippen LogP contribution >= 0.6 is 0 Å². The Bertz CT molecular complexity index is 371. The SMILES string of the molecule is OC1CCCCCC1C#Cc1ccccc1. The molecule has 1 saturated carbocycles.